The van der Waals surface area contributed by atoms with Gasteiger partial charge in [0.15, 0.2) is 4.34 Å². The number of rotatable bonds is 4. The number of fused-ring (bicyclic) bond motifs is 1. The number of para-hydroxylation sites is 1. The molecule has 0 bridgehead atoms. The molecule has 2 heterocycles. The molecule has 4 nitrogen and oxygen atoms in total. The predicted octanol–water partition coefficient (Wildman–Crippen LogP) is 3.01. The first kappa shape index (κ1) is 17.5. The lowest BCUT2D eigenvalue weighted by atomic mass is 9.90. The van der Waals surface area contributed by atoms with E-state index in [9.17, 15) is 4.79 Å². The molecule has 0 radical (unpaired) electrons. The number of halogens is 1. The van der Waals surface area contributed by atoms with Crippen molar-refractivity contribution in [3.63, 3.8) is 0 Å². The molecule has 7 heteroatoms. The van der Waals surface area contributed by atoms with Crippen molar-refractivity contribution in [1.82, 2.24) is 9.88 Å². The van der Waals surface area contributed by atoms with Crippen LogP contribution >= 0.6 is 35.5 Å². The zero-order chi connectivity index (χ0) is 14.9. The molecular weight excluding hydrogens is 338 g/mol. The summed E-state index contributed by atoms with van der Waals surface area (Å²) in [6, 6.07) is 8.06. The number of thioether (sulfide) groups is 1. The lowest BCUT2D eigenvalue weighted by Gasteiger charge is -2.22. The number of likely N-dealkylation sites (tertiary alicyclic amines) is 1. The van der Waals surface area contributed by atoms with Gasteiger partial charge in [-0.1, -0.05) is 30.8 Å². The van der Waals surface area contributed by atoms with Gasteiger partial charge in [0.1, 0.15) is 0 Å². The van der Waals surface area contributed by atoms with Gasteiger partial charge in [-0.15, -0.1) is 23.7 Å². The average Bonchev–Trinajstić information content (AvgIpc) is 3.08. The van der Waals surface area contributed by atoms with Gasteiger partial charge < -0.3 is 10.6 Å². The van der Waals surface area contributed by atoms with Crippen LogP contribution in [0.3, 0.4) is 0 Å². The topological polar surface area (TPSA) is 59.2 Å². The van der Waals surface area contributed by atoms with Crippen LogP contribution in [0.2, 0.25) is 0 Å². The SMILES string of the molecule is CC1(CN)CCN(C(=O)CSc2nc3ccccc3s2)C1.Cl. The highest BCUT2D eigenvalue weighted by Crippen LogP contribution is 2.31. The summed E-state index contributed by atoms with van der Waals surface area (Å²) in [4.78, 5) is 18.8. The molecule has 120 valence electrons. The fraction of sp³-hybridized carbons (Fsp3) is 0.467. The molecule has 1 amide bonds. The number of carbonyl (C=O) groups excluding carboxylic acids is 1. The Morgan fingerprint density at radius 3 is 2.95 bits per heavy atom. The summed E-state index contributed by atoms with van der Waals surface area (Å²) in [5, 5.41) is 0. The number of thiazole rings is 1. The van der Waals surface area contributed by atoms with Crippen LogP contribution in [0.4, 0.5) is 0 Å². The van der Waals surface area contributed by atoms with E-state index in [2.05, 4.69) is 18.0 Å². The third-order valence-corrected chi connectivity index (χ3v) is 6.16. The maximum absolute atomic E-state index is 12.3. The summed E-state index contributed by atoms with van der Waals surface area (Å²) in [7, 11) is 0. The molecule has 0 spiro atoms. The molecular formula is C15H20ClN3OS2. The Bertz CT molecular complexity index is 630. The van der Waals surface area contributed by atoms with Crippen LogP contribution in [0.25, 0.3) is 10.2 Å². The maximum atomic E-state index is 12.3. The lowest BCUT2D eigenvalue weighted by molar-refractivity contribution is -0.127. The van der Waals surface area contributed by atoms with Gasteiger partial charge in [0.05, 0.1) is 16.0 Å². The standard InChI is InChI=1S/C15H19N3OS2.ClH/c1-15(9-16)6-7-18(10-15)13(19)8-20-14-17-11-4-2-3-5-12(11)21-14;/h2-5H,6-10,16H2,1H3;1H. The van der Waals surface area contributed by atoms with E-state index in [-0.39, 0.29) is 23.7 Å². The molecule has 1 unspecified atom stereocenters. The molecule has 3 rings (SSSR count). The molecule has 0 aliphatic carbocycles. The summed E-state index contributed by atoms with van der Waals surface area (Å²) in [5.41, 5.74) is 6.89. The van der Waals surface area contributed by atoms with Crippen LogP contribution in [0, 0.1) is 5.41 Å². The Morgan fingerprint density at radius 2 is 2.27 bits per heavy atom. The Labute approximate surface area is 144 Å². The number of benzene rings is 1. The summed E-state index contributed by atoms with van der Waals surface area (Å²) in [6.07, 6.45) is 1.00. The van der Waals surface area contributed by atoms with E-state index < -0.39 is 0 Å². The Hall–Kier alpha value is -0.820. The highest BCUT2D eigenvalue weighted by Gasteiger charge is 2.34. The first-order valence-corrected chi connectivity index (χ1v) is 8.86. The van der Waals surface area contributed by atoms with Gasteiger partial charge in [-0.3, -0.25) is 4.79 Å². The number of aromatic nitrogens is 1. The molecule has 22 heavy (non-hydrogen) atoms. The second kappa shape index (κ2) is 7.17. The van der Waals surface area contributed by atoms with Crippen molar-refractivity contribution in [2.45, 2.75) is 17.7 Å². The minimum Gasteiger partial charge on any atom is -0.341 e. The monoisotopic (exact) mass is 357 g/mol. The Balaban J connectivity index is 0.00000176. The van der Waals surface area contributed by atoms with Crippen LogP contribution in [-0.2, 0) is 4.79 Å². The van der Waals surface area contributed by atoms with Crippen LogP contribution in [-0.4, -0.2) is 41.2 Å². The summed E-state index contributed by atoms with van der Waals surface area (Å²) < 4.78 is 2.13. The highest BCUT2D eigenvalue weighted by atomic mass is 35.5. The van der Waals surface area contributed by atoms with Crippen LogP contribution in [0.5, 0.6) is 0 Å². The Morgan fingerprint density at radius 1 is 1.50 bits per heavy atom. The van der Waals surface area contributed by atoms with Crippen LogP contribution < -0.4 is 5.73 Å². The fourth-order valence-corrected chi connectivity index (χ4v) is 4.50. The zero-order valence-electron chi connectivity index (χ0n) is 12.4. The second-order valence-corrected chi connectivity index (χ2v) is 8.07. The minimum atomic E-state index is 0. The molecule has 1 saturated heterocycles. The third-order valence-electron chi connectivity index (χ3n) is 4.00. The summed E-state index contributed by atoms with van der Waals surface area (Å²) in [6.45, 7) is 4.40. The fourth-order valence-electron chi connectivity index (χ4n) is 2.53. The molecule has 1 fully saturated rings. The number of nitrogens with zero attached hydrogens (tertiary/aromatic N) is 2. The van der Waals surface area contributed by atoms with Crippen molar-refractivity contribution in [1.29, 1.82) is 0 Å². The number of nitrogens with two attached hydrogens (primary N) is 1. The van der Waals surface area contributed by atoms with Crippen molar-refractivity contribution >= 4 is 51.6 Å². The normalized spacial score (nSPS) is 21.1. The second-order valence-electron chi connectivity index (χ2n) is 5.82. The quantitative estimate of drug-likeness (QED) is 0.854. The zero-order valence-corrected chi connectivity index (χ0v) is 14.9. The van der Waals surface area contributed by atoms with Gasteiger partial charge in [-0.2, -0.15) is 0 Å². The number of hydrogen-bond donors (Lipinski definition) is 1. The van der Waals surface area contributed by atoms with Gasteiger partial charge in [0, 0.05) is 13.1 Å². The molecule has 1 aliphatic rings. The largest absolute Gasteiger partial charge is 0.341 e. The maximum Gasteiger partial charge on any atom is 0.233 e. The Kier molecular flexibility index (Phi) is 5.71. The van der Waals surface area contributed by atoms with Gasteiger partial charge >= 0.3 is 0 Å². The van der Waals surface area contributed by atoms with Crippen molar-refractivity contribution in [3.05, 3.63) is 24.3 Å². The molecule has 2 aromatic rings. The van der Waals surface area contributed by atoms with Gasteiger partial charge in [0.2, 0.25) is 5.91 Å². The molecule has 1 aromatic carbocycles. The van der Waals surface area contributed by atoms with Crippen molar-refractivity contribution in [3.8, 4) is 0 Å². The van der Waals surface area contributed by atoms with E-state index in [1.54, 1.807) is 11.3 Å². The van der Waals surface area contributed by atoms with Crippen molar-refractivity contribution < 1.29 is 4.79 Å². The number of hydrogen-bond acceptors (Lipinski definition) is 5. The average molecular weight is 358 g/mol. The van der Waals surface area contributed by atoms with E-state index in [1.165, 1.54) is 16.5 Å². The predicted molar refractivity (Wildman–Crippen MR) is 96.0 cm³/mol. The van der Waals surface area contributed by atoms with Crippen LogP contribution in [0.15, 0.2) is 28.6 Å². The smallest absolute Gasteiger partial charge is 0.233 e. The van der Waals surface area contributed by atoms with Crippen molar-refractivity contribution in [2.75, 3.05) is 25.4 Å². The van der Waals surface area contributed by atoms with E-state index in [4.69, 9.17) is 5.73 Å². The van der Waals surface area contributed by atoms with E-state index in [1.807, 2.05) is 23.1 Å². The molecule has 1 atom stereocenters. The van der Waals surface area contributed by atoms with Crippen LogP contribution in [0.1, 0.15) is 13.3 Å². The number of amides is 1. The van der Waals surface area contributed by atoms with Gasteiger partial charge in [-0.25, -0.2) is 4.98 Å². The molecule has 2 N–H and O–H groups in total. The first-order chi connectivity index (χ1) is 10.1. The van der Waals surface area contributed by atoms with Gasteiger partial charge in [-0.05, 0) is 30.5 Å². The highest BCUT2D eigenvalue weighted by molar-refractivity contribution is 8.01. The lowest BCUT2D eigenvalue weighted by Crippen LogP contribution is -2.35. The third kappa shape index (κ3) is 3.74. The molecule has 1 aromatic heterocycles. The van der Waals surface area contributed by atoms with Crippen molar-refractivity contribution in [2.24, 2.45) is 11.1 Å². The van der Waals surface area contributed by atoms with Gasteiger partial charge in [0.25, 0.3) is 0 Å². The summed E-state index contributed by atoms with van der Waals surface area (Å²) in [5.74, 6) is 0.650. The van der Waals surface area contributed by atoms with E-state index >= 15 is 0 Å². The molecule has 1 aliphatic heterocycles. The summed E-state index contributed by atoms with van der Waals surface area (Å²) >= 11 is 3.18. The number of carbonyl (C=O) groups is 1. The first-order valence-electron chi connectivity index (χ1n) is 7.06. The van der Waals surface area contributed by atoms with E-state index in [0.29, 0.717) is 12.3 Å². The molecule has 0 saturated carbocycles. The van der Waals surface area contributed by atoms with E-state index in [0.717, 1.165) is 29.4 Å². The minimum absolute atomic E-state index is 0.